The monoisotopic (exact) mass is 281 g/mol. The Morgan fingerprint density at radius 3 is 2.74 bits per heavy atom. The number of thioether (sulfide) groups is 1. The Bertz CT molecular complexity index is 380. The van der Waals surface area contributed by atoms with E-state index in [4.69, 9.17) is 5.73 Å². The smallest absolute Gasteiger partial charge is 0.230 e. The van der Waals surface area contributed by atoms with Crippen molar-refractivity contribution in [2.45, 2.75) is 38.0 Å². The van der Waals surface area contributed by atoms with Gasteiger partial charge in [0, 0.05) is 24.0 Å². The highest BCUT2D eigenvalue weighted by atomic mass is 32.2. The van der Waals surface area contributed by atoms with Crippen LogP contribution >= 0.6 is 11.8 Å². The second-order valence-corrected chi connectivity index (χ2v) is 5.65. The summed E-state index contributed by atoms with van der Waals surface area (Å²) in [6.07, 6.45) is 3.50. The maximum Gasteiger partial charge on any atom is 0.230 e. The van der Waals surface area contributed by atoms with Gasteiger partial charge in [-0.05, 0) is 25.0 Å². The second-order valence-electron chi connectivity index (χ2n) is 4.66. The van der Waals surface area contributed by atoms with Crippen molar-refractivity contribution in [3.05, 3.63) is 30.1 Å². The molecular weight excluding hydrogens is 258 g/mol. The molecule has 0 saturated carbocycles. The topological polar surface area (TPSA) is 68.0 Å². The maximum atomic E-state index is 11.7. The van der Waals surface area contributed by atoms with E-state index in [-0.39, 0.29) is 11.4 Å². The van der Waals surface area contributed by atoms with E-state index in [0.29, 0.717) is 12.3 Å². The lowest BCUT2D eigenvalue weighted by atomic mass is 9.94. The summed E-state index contributed by atoms with van der Waals surface area (Å²) in [6.45, 7) is 4.64. The first-order valence-electron chi connectivity index (χ1n) is 6.63. The van der Waals surface area contributed by atoms with E-state index in [9.17, 15) is 4.79 Å². The molecule has 0 spiro atoms. The van der Waals surface area contributed by atoms with E-state index in [2.05, 4.69) is 10.3 Å². The zero-order chi connectivity index (χ0) is 14.1. The summed E-state index contributed by atoms with van der Waals surface area (Å²) in [5.41, 5.74) is 6.85. The van der Waals surface area contributed by atoms with Crippen LogP contribution in [0.15, 0.2) is 24.4 Å². The van der Waals surface area contributed by atoms with Crippen LogP contribution in [-0.4, -0.2) is 28.7 Å². The molecule has 1 rings (SSSR count). The van der Waals surface area contributed by atoms with Crippen molar-refractivity contribution in [2.75, 3.05) is 12.3 Å². The lowest BCUT2D eigenvalue weighted by Gasteiger charge is -2.26. The Hall–Kier alpha value is -1.07. The fourth-order valence-corrected chi connectivity index (χ4v) is 2.33. The summed E-state index contributed by atoms with van der Waals surface area (Å²) in [7, 11) is 0. The van der Waals surface area contributed by atoms with Gasteiger partial charge in [-0.1, -0.05) is 19.9 Å². The zero-order valence-corrected chi connectivity index (χ0v) is 12.5. The molecule has 1 heterocycles. The van der Waals surface area contributed by atoms with Crippen LogP contribution in [0.2, 0.25) is 0 Å². The second kappa shape index (κ2) is 8.17. The number of rotatable bonds is 8. The number of carbonyl (C=O) groups is 1. The highest BCUT2D eigenvalue weighted by molar-refractivity contribution is 7.99. The quantitative estimate of drug-likeness (QED) is 0.764. The molecule has 0 bridgehead atoms. The molecule has 0 fully saturated rings. The third-order valence-electron chi connectivity index (χ3n) is 3.26. The van der Waals surface area contributed by atoms with Gasteiger partial charge in [0.2, 0.25) is 5.91 Å². The van der Waals surface area contributed by atoms with Gasteiger partial charge in [-0.3, -0.25) is 9.78 Å². The number of pyridine rings is 1. The van der Waals surface area contributed by atoms with E-state index in [1.54, 1.807) is 18.0 Å². The molecule has 0 aliphatic rings. The number of nitrogens with two attached hydrogens (primary N) is 1. The SMILES string of the molecule is CCC(N)(CC)CNC(=O)CSCc1ccccn1. The fraction of sp³-hybridized carbons (Fsp3) is 0.571. The van der Waals surface area contributed by atoms with Gasteiger partial charge in [-0.25, -0.2) is 0 Å². The van der Waals surface area contributed by atoms with E-state index in [1.807, 2.05) is 32.0 Å². The normalized spacial score (nSPS) is 11.3. The molecule has 0 atom stereocenters. The van der Waals surface area contributed by atoms with Gasteiger partial charge in [-0.2, -0.15) is 0 Å². The van der Waals surface area contributed by atoms with E-state index in [0.717, 1.165) is 24.3 Å². The molecule has 106 valence electrons. The van der Waals surface area contributed by atoms with Gasteiger partial charge >= 0.3 is 0 Å². The van der Waals surface area contributed by atoms with Crippen LogP contribution in [0.25, 0.3) is 0 Å². The summed E-state index contributed by atoms with van der Waals surface area (Å²) in [5.74, 6) is 1.24. The van der Waals surface area contributed by atoms with Gasteiger partial charge < -0.3 is 11.1 Å². The molecule has 0 radical (unpaired) electrons. The van der Waals surface area contributed by atoms with Crippen molar-refractivity contribution in [1.29, 1.82) is 0 Å². The van der Waals surface area contributed by atoms with Crippen LogP contribution < -0.4 is 11.1 Å². The van der Waals surface area contributed by atoms with Crippen molar-refractivity contribution in [1.82, 2.24) is 10.3 Å². The third kappa shape index (κ3) is 6.07. The molecule has 4 nitrogen and oxygen atoms in total. The van der Waals surface area contributed by atoms with E-state index < -0.39 is 0 Å². The highest BCUT2D eigenvalue weighted by Gasteiger charge is 2.20. The first kappa shape index (κ1) is 16.0. The molecule has 19 heavy (non-hydrogen) atoms. The summed E-state index contributed by atoms with van der Waals surface area (Å²) < 4.78 is 0. The average molecular weight is 281 g/mol. The van der Waals surface area contributed by atoms with E-state index in [1.165, 1.54) is 0 Å². The minimum absolute atomic E-state index is 0.0395. The van der Waals surface area contributed by atoms with E-state index >= 15 is 0 Å². The largest absolute Gasteiger partial charge is 0.354 e. The number of carbonyl (C=O) groups excluding carboxylic acids is 1. The first-order chi connectivity index (χ1) is 9.09. The van der Waals surface area contributed by atoms with Gasteiger partial charge in [-0.15, -0.1) is 11.8 Å². The van der Waals surface area contributed by atoms with Crippen LogP contribution in [0.5, 0.6) is 0 Å². The first-order valence-corrected chi connectivity index (χ1v) is 7.78. The van der Waals surface area contributed by atoms with Crippen molar-refractivity contribution in [2.24, 2.45) is 5.73 Å². The molecule has 0 saturated heterocycles. The molecule has 0 aromatic carbocycles. The molecule has 5 heteroatoms. The van der Waals surface area contributed by atoms with Gasteiger partial charge in [0.05, 0.1) is 11.4 Å². The predicted octanol–water partition coefficient (Wildman–Crippen LogP) is 1.95. The highest BCUT2D eigenvalue weighted by Crippen LogP contribution is 2.11. The van der Waals surface area contributed by atoms with Crippen molar-refractivity contribution in [3.63, 3.8) is 0 Å². The molecule has 0 aliphatic heterocycles. The zero-order valence-electron chi connectivity index (χ0n) is 11.7. The van der Waals surface area contributed by atoms with Crippen LogP contribution in [0.3, 0.4) is 0 Å². The van der Waals surface area contributed by atoms with Gasteiger partial charge in [0.15, 0.2) is 0 Å². The standard InChI is InChI=1S/C14H23N3OS/c1-3-14(15,4-2)11-17-13(18)10-19-9-12-7-5-6-8-16-12/h5-8H,3-4,9-11,15H2,1-2H3,(H,17,18). The summed E-state index contributed by atoms with van der Waals surface area (Å²) >= 11 is 1.56. The predicted molar refractivity (Wildman–Crippen MR) is 80.9 cm³/mol. The summed E-state index contributed by atoms with van der Waals surface area (Å²) in [6, 6.07) is 5.80. The Kier molecular flexibility index (Phi) is 6.87. The number of nitrogens with one attached hydrogen (secondary N) is 1. The number of hydrogen-bond acceptors (Lipinski definition) is 4. The molecule has 1 aromatic rings. The average Bonchev–Trinajstić information content (AvgIpc) is 2.46. The maximum absolute atomic E-state index is 11.7. The summed E-state index contributed by atoms with van der Waals surface area (Å²) in [5, 5.41) is 2.91. The minimum Gasteiger partial charge on any atom is -0.354 e. The molecular formula is C14H23N3OS. The van der Waals surface area contributed by atoms with Crippen LogP contribution in [-0.2, 0) is 10.5 Å². The van der Waals surface area contributed by atoms with Crippen molar-refractivity contribution >= 4 is 17.7 Å². The molecule has 0 aliphatic carbocycles. The third-order valence-corrected chi connectivity index (χ3v) is 4.22. The number of aromatic nitrogens is 1. The number of nitrogens with zero attached hydrogens (tertiary/aromatic N) is 1. The molecule has 0 unspecified atom stereocenters. The number of hydrogen-bond donors (Lipinski definition) is 2. The fourth-order valence-electron chi connectivity index (χ4n) is 1.56. The van der Waals surface area contributed by atoms with Crippen LogP contribution in [0.1, 0.15) is 32.4 Å². The van der Waals surface area contributed by atoms with Gasteiger partial charge in [0.25, 0.3) is 0 Å². The summed E-state index contributed by atoms with van der Waals surface area (Å²) in [4.78, 5) is 15.9. The number of amides is 1. The molecule has 1 aromatic heterocycles. The Balaban J connectivity index is 2.22. The molecule has 1 amide bonds. The van der Waals surface area contributed by atoms with Crippen LogP contribution in [0.4, 0.5) is 0 Å². The lowest BCUT2D eigenvalue weighted by Crippen LogP contribution is -2.49. The Morgan fingerprint density at radius 1 is 1.42 bits per heavy atom. The van der Waals surface area contributed by atoms with Crippen molar-refractivity contribution < 1.29 is 4.79 Å². The van der Waals surface area contributed by atoms with Crippen LogP contribution in [0, 0.1) is 0 Å². The molecule has 3 N–H and O–H groups in total. The minimum atomic E-state index is -0.276. The van der Waals surface area contributed by atoms with Gasteiger partial charge in [0.1, 0.15) is 0 Å². The Morgan fingerprint density at radius 2 is 2.16 bits per heavy atom. The Labute approximate surface area is 119 Å². The lowest BCUT2D eigenvalue weighted by molar-refractivity contribution is -0.118. The van der Waals surface area contributed by atoms with Crippen molar-refractivity contribution in [3.8, 4) is 0 Å².